The van der Waals surface area contributed by atoms with E-state index in [1.165, 1.54) is 0 Å². The van der Waals surface area contributed by atoms with Gasteiger partial charge in [0, 0.05) is 25.1 Å². The van der Waals surface area contributed by atoms with Crippen LogP contribution in [-0.2, 0) is 4.79 Å². The van der Waals surface area contributed by atoms with Crippen molar-refractivity contribution in [2.45, 2.75) is 39.2 Å². The van der Waals surface area contributed by atoms with Crippen LogP contribution < -0.4 is 10.1 Å². The summed E-state index contributed by atoms with van der Waals surface area (Å²) in [4.78, 5) is 27.0. The van der Waals surface area contributed by atoms with Gasteiger partial charge in [-0.3, -0.25) is 9.59 Å². The van der Waals surface area contributed by atoms with Gasteiger partial charge in [0.25, 0.3) is 5.91 Å². The molecule has 2 aromatic carbocycles. The first-order chi connectivity index (χ1) is 13.6. The van der Waals surface area contributed by atoms with Gasteiger partial charge in [-0.25, -0.2) is 0 Å². The van der Waals surface area contributed by atoms with Crippen molar-refractivity contribution < 1.29 is 14.3 Å². The van der Waals surface area contributed by atoms with Gasteiger partial charge in [0.15, 0.2) is 0 Å². The predicted octanol–water partition coefficient (Wildman–Crippen LogP) is 3.88. The maximum atomic E-state index is 12.7. The molecule has 1 saturated heterocycles. The molecule has 1 unspecified atom stereocenters. The lowest BCUT2D eigenvalue weighted by molar-refractivity contribution is -0.132. The number of carbonyl (C=O) groups is 2. The first-order valence-corrected chi connectivity index (χ1v) is 9.96. The van der Waals surface area contributed by atoms with Gasteiger partial charge in [-0.05, 0) is 56.0 Å². The average molecular weight is 380 g/mol. The minimum atomic E-state index is -0.129. The van der Waals surface area contributed by atoms with Crippen LogP contribution >= 0.6 is 0 Å². The average Bonchev–Trinajstić information content (AvgIpc) is 3.19. The van der Waals surface area contributed by atoms with E-state index in [1.807, 2.05) is 61.2 Å². The summed E-state index contributed by atoms with van der Waals surface area (Å²) in [6, 6.07) is 15.6. The van der Waals surface area contributed by atoms with E-state index in [9.17, 15) is 9.59 Å². The Morgan fingerprint density at radius 3 is 2.61 bits per heavy atom. The summed E-state index contributed by atoms with van der Waals surface area (Å²) in [7, 11) is 0. The molecule has 5 heteroatoms. The van der Waals surface area contributed by atoms with E-state index in [4.69, 9.17) is 4.74 Å². The van der Waals surface area contributed by atoms with Crippen molar-refractivity contribution in [2.24, 2.45) is 0 Å². The SMILES string of the molecule is CCOc1ccc(C2CCCN2C(=O)CCNC(=O)c2ccccc2C)cc1. The summed E-state index contributed by atoms with van der Waals surface area (Å²) in [5.74, 6) is 0.804. The van der Waals surface area contributed by atoms with E-state index in [2.05, 4.69) is 5.32 Å². The molecule has 0 bridgehead atoms. The fourth-order valence-corrected chi connectivity index (χ4v) is 3.71. The molecule has 0 aromatic heterocycles. The van der Waals surface area contributed by atoms with E-state index < -0.39 is 0 Å². The lowest BCUT2D eigenvalue weighted by Gasteiger charge is -2.25. The Bertz CT molecular complexity index is 817. The molecule has 28 heavy (non-hydrogen) atoms. The van der Waals surface area contributed by atoms with Crippen molar-refractivity contribution in [3.8, 4) is 5.75 Å². The van der Waals surface area contributed by atoms with E-state index in [-0.39, 0.29) is 17.9 Å². The van der Waals surface area contributed by atoms with Gasteiger partial charge in [0.1, 0.15) is 5.75 Å². The van der Waals surface area contributed by atoms with Crippen LogP contribution in [0.5, 0.6) is 5.75 Å². The van der Waals surface area contributed by atoms with Gasteiger partial charge in [-0.15, -0.1) is 0 Å². The Labute approximate surface area is 166 Å². The van der Waals surface area contributed by atoms with Gasteiger partial charge in [-0.2, -0.15) is 0 Å². The Morgan fingerprint density at radius 1 is 1.14 bits per heavy atom. The molecule has 2 aromatic rings. The molecule has 0 aliphatic carbocycles. The van der Waals surface area contributed by atoms with E-state index in [0.717, 1.165) is 36.3 Å². The monoisotopic (exact) mass is 380 g/mol. The second kappa shape index (κ2) is 9.40. The number of nitrogens with zero attached hydrogens (tertiary/aromatic N) is 1. The molecule has 2 amide bonds. The van der Waals surface area contributed by atoms with Crippen LogP contribution in [0.1, 0.15) is 53.7 Å². The normalized spacial score (nSPS) is 16.1. The molecule has 5 nitrogen and oxygen atoms in total. The second-order valence-electron chi connectivity index (χ2n) is 7.07. The molecule has 1 heterocycles. The zero-order valence-corrected chi connectivity index (χ0v) is 16.6. The summed E-state index contributed by atoms with van der Waals surface area (Å²) in [5.41, 5.74) is 2.73. The number of ether oxygens (including phenoxy) is 1. The fraction of sp³-hybridized carbons (Fsp3) is 0.391. The molecule has 0 radical (unpaired) electrons. The standard InChI is InChI=1S/C23H28N2O3/c1-3-28-19-12-10-18(11-13-19)21-9-6-16-25(21)22(26)14-15-24-23(27)20-8-5-4-7-17(20)2/h4-5,7-8,10-13,21H,3,6,9,14-16H2,1-2H3,(H,24,27). The molecule has 1 aliphatic rings. The van der Waals surface area contributed by atoms with Gasteiger partial charge >= 0.3 is 0 Å². The quantitative estimate of drug-likeness (QED) is 0.793. The van der Waals surface area contributed by atoms with Gasteiger partial charge < -0.3 is 15.0 Å². The van der Waals surface area contributed by atoms with Crippen molar-refractivity contribution in [2.75, 3.05) is 19.7 Å². The third-order valence-corrected chi connectivity index (χ3v) is 5.16. The van der Waals surface area contributed by atoms with E-state index in [1.54, 1.807) is 6.07 Å². The largest absolute Gasteiger partial charge is 0.494 e. The lowest BCUT2D eigenvalue weighted by atomic mass is 10.0. The van der Waals surface area contributed by atoms with Crippen molar-refractivity contribution in [3.63, 3.8) is 0 Å². The van der Waals surface area contributed by atoms with Crippen molar-refractivity contribution >= 4 is 11.8 Å². The Kier molecular flexibility index (Phi) is 6.69. The van der Waals surface area contributed by atoms with Crippen LogP contribution in [0.4, 0.5) is 0 Å². The molecule has 0 spiro atoms. The molecule has 1 N–H and O–H groups in total. The summed E-state index contributed by atoms with van der Waals surface area (Å²) in [5, 5.41) is 2.87. The third kappa shape index (κ3) is 4.71. The zero-order chi connectivity index (χ0) is 19.9. The summed E-state index contributed by atoms with van der Waals surface area (Å²) in [6.45, 7) is 5.62. The highest BCUT2D eigenvalue weighted by Gasteiger charge is 2.29. The molecule has 1 aliphatic heterocycles. The number of amides is 2. The van der Waals surface area contributed by atoms with Crippen LogP contribution in [0.15, 0.2) is 48.5 Å². The maximum absolute atomic E-state index is 12.7. The molecule has 3 rings (SSSR count). The summed E-state index contributed by atoms with van der Waals surface area (Å²) >= 11 is 0. The highest BCUT2D eigenvalue weighted by atomic mass is 16.5. The number of carbonyl (C=O) groups excluding carboxylic acids is 2. The summed E-state index contributed by atoms with van der Waals surface area (Å²) in [6.07, 6.45) is 2.28. The lowest BCUT2D eigenvalue weighted by Crippen LogP contribution is -2.34. The summed E-state index contributed by atoms with van der Waals surface area (Å²) < 4.78 is 5.50. The number of hydrogen-bond acceptors (Lipinski definition) is 3. The predicted molar refractivity (Wildman–Crippen MR) is 109 cm³/mol. The first kappa shape index (κ1) is 19.9. The maximum Gasteiger partial charge on any atom is 0.251 e. The topological polar surface area (TPSA) is 58.6 Å². The number of aryl methyl sites for hydroxylation is 1. The Morgan fingerprint density at radius 2 is 1.89 bits per heavy atom. The van der Waals surface area contributed by atoms with Crippen LogP contribution in [0.2, 0.25) is 0 Å². The molecule has 1 fully saturated rings. The van der Waals surface area contributed by atoms with E-state index in [0.29, 0.717) is 25.1 Å². The van der Waals surface area contributed by atoms with Crippen molar-refractivity contribution in [3.05, 3.63) is 65.2 Å². The van der Waals surface area contributed by atoms with Crippen LogP contribution in [0.25, 0.3) is 0 Å². The number of hydrogen-bond donors (Lipinski definition) is 1. The molecule has 148 valence electrons. The number of benzene rings is 2. The highest BCUT2D eigenvalue weighted by molar-refractivity contribution is 5.95. The number of nitrogens with one attached hydrogen (secondary N) is 1. The Hall–Kier alpha value is -2.82. The zero-order valence-electron chi connectivity index (χ0n) is 16.6. The molecule has 0 saturated carbocycles. The molecular weight excluding hydrogens is 352 g/mol. The third-order valence-electron chi connectivity index (χ3n) is 5.16. The molecule has 1 atom stereocenters. The van der Waals surface area contributed by atoms with Crippen LogP contribution in [0, 0.1) is 6.92 Å². The molecular formula is C23H28N2O3. The van der Waals surface area contributed by atoms with Crippen LogP contribution in [-0.4, -0.2) is 36.4 Å². The fourth-order valence-electron chi connectivity index (χ4n) is 3.71. The first-order valence-electron chi connectivity index (χ1n) is 9.96. The van der Waals surface area contributed by atoms with Crippen LogP contribution in [0.3, 0.4) is 0 Å². The number of rotatable bonds is 7. The van der Waals surface area contributed by atoms with E-state index >= 15 is 0 Å². The van der Waals surface area contributed by atoms with Gasteiger partial charge in [0.2, 0.25) is 5.91 Å². The Balaban J connectivity index is 1.54. The highest BCUT2D eigenvalue weighted by Crippen LogP contribution is 2.33. The smallest absolute Gasteiger partial charge is 0.251 e. The van der Waals surface area contributed by atoms with Gasteiger partial charge in [0.05, 0.1) is 12.6 Å². The number of likely N-dealkylation sites (tertiary alicyclic amines) is 1. The van der Waals surface area contributed by atoms with Gasteiger partial charge in [-0.1, -0.05) is 30.3 Å². The van der Waals surface area contributed by atoms with Crippen molar-refractivity contribution in [1.82, 2.24) is 10.2 Å². The van der Waals surface area contributed by atoms with Crippen molar-refractivity contribution in [1.29, 1.82) is 0 Å². The minimum absolute atomic E-state index is 0.0847. The second-order valence-corrected chi connectivity index (χ2v) is 7.07. The minimum Gasteiger partial charge on any atom is -0.494 e.